The SMILES string of the molecule is CCCCN1C(=O)c2ccc(C(=O)NCc3cc(OC)c(OC)c(OC)c3)cc2C1=O. The van der Waals surface area contributed by atoms with Crippen molar-refractivity contribution in [2.45, 2.75) is 26.3 Å². The number of hydrogen-bond donors (Lipinski definition) is 1. The number of imide groups is 1. The third-order valence-corrected chi connectivity index (χ3v) is 5.15. The molecule has 31 heavy (non-hydrogen) atoms. The smallest absolute Gasteiger partial charge is 0.261 e. The summed E-state index contributed by atoms with van der Waals surface area (Å²) in [5.41, 5.74) is 1.66. The zero-order chi connectivity index (χ0) is 22.5. The van der Waals surface area contributed by atoms with E-state index in [1.165, 1.54) is 38.4 Å². The van der Waals surface area contributed by atoms with Crippen LogP contribution in [0.5, 0.6) is 17.2 Å². The zero-order valence-electron chi connectivity index (χ0n) is 18.1. The Morgan fingerprint density at radius 3 is 2.16 bits per heavy atom. The number of methoxy groups -OCH3 is 3. The lowest BCUT2D eigenvalue weighted by atomic mass is 10.1. The van der Waals surface area contributed by atoms with Gasteiger partial charge in [0.1, 0.15) is 0 Å². The van der Waals surface area contributed by atoms with E-state index in [0.29, 0.717) is 34.9 Å². The molecular formula is C23H26N2O6. The molecule has 1 heterocycles. The molecule has 0 radical (unpaired) electrons. The lowest BCUT2D eigenvalue weighted by molar-refractivity contribution is 0.0652. The molecule has 8 heteroatoms. The molecule has 1 aliphatic rings. The minimum absolute atomic E-state index is 0.210. The van der Waals surface area contributed by atoms with Gasteiger partial charge in [-0.05, 0) is 42.3 Å². The molecule has 2 aromatic carbocycles. The van der Waals surface area contributed by atoms with Crippen molar-refractivity contribution < 1.29 is 28.6 Å². The molecule has 164 valence electrons. The molecule has 0 saturated heterocycles. The summed E-state index contributed by atoms with van der Waals surface area (Å²) in [6.07, 6.45) is 1.62. The highest BCUT2D eigenvalue weighted by Gasteiger charge is 2.35. The molecule has 0 aromatic heterocycles. The average molecular weight is 426 g/mol. The predicted octanol–water partition coefficient (Wildman–Crippen LogP) is 3.04. The molecule has 0 aliphatic carbocycles. The molecule has 0 fully saturated rings. The van der Waals surface area contributed by atoms with Crippen molar-refractivity contribution in [3.63, 3.8) is 0 Å². The molecule has 0 bridgehead atoms. The van der Waals surface area contributed by atoms with Crippen LogP contribution in [-0.2, 0) is 6.54 Å². The van der Waals surface area contributed by atoms with E-state index in [2.05, 4.69) is 5.32 Å². The molecular weight excluding hydrogens is 400 g/mol. The van der Waals surface area contributed by atoms with Gasteiger partial charge >= 0.3 is 0 Å². The number of amides is 3. The Morgan fingerprint density at radius 2 is 1.58 bits per heavy atom. The Morgan fingerprint density at radius 1 is 0.935 bits per heavy atom. The minimum Gasteiger partial charge on any atom is -0.493 e. The number of hydrogen-bond acceptors (Lipinski definition) is 6. The van der Waals surface area contributed by atoms with Crippen LogP contribution in [0.25, 0.3) is 0 Å². The molecule has 3 rings (SSSR count). The van der Waals surface area contributed by atoms with Crippen LogP contribution in [0.4, 0.5) is 0 Å². The number of unbranched alkanes of at least 4 members (excludes halogenated alkanes) is 1. The largest absolute Gasteiger partial charge is 0.493 e. The summed E-state index contributed by atoms with van der Waals surface area (Å²) >= 11 is 0. The Hall–Kier alpha value is -3.55. The van der Waals surface area contributed by atoms with Crippen LogP contribution < -0.4 is 19.5 Å². The van der Waals surface area contributed by atoms with Crippen LogP contribution in [0.15, 0.2) is 30.3 Å². The Labute approximate surface area is 181 Å². The number of nitrogens with one attached hydrogen (secondary N) is 1. The molecule has 0 saturated carbocycles. The van der Waals surface area contributed by atoms with E-state index in [-0.39, 0.29) is 29.8 Å². The number of benzene rings is 2. The van der Waals surface area contributed by atoms with Crippen LogP contribution >= 0.6 is 0 Å². The lowest BCUT2D eigenvalue weighted by Gasteiger charge is -2.14. The van der Waals surface area contributed by atoms with Crippen molar-refractivity contribution in [1.82, 2.24) is 10.2 Å². The van der Waals surface area contributed by atoms with Gasteiger partial charge in [-0.15, -0.1) is 0 Å². The Balaban J connectivity index is 1.75. The second-order valence-corrected chi connectivity index (χ2v) is 7.09. The number of rotatable bonds is 9. The van der Waals surface area contributed by atoms with Gasteiger partial charge in [-0.2, -0.15) is 0 Å². The van der Waals surface area contributed by atoms with Crippen LogP contribution in [0.2, 0.25) is 0 Å². The summed E-state index contributed by atoms with van der Waals surface area (Å²) in [4.78, 5) is 39.0. The summed E-state index contributed by atoms with van der Waals surface area (Å²) in [6, 6.07) is 8.07. The number of ether oxygens (including phenoxy) is 3. The monoisotopic (exact) mass is 426 g/mol. The second-order valence-electron chi connectivity index (χ2n) is 7.09. The normalized spacial score (nSPS) is 12.6. The van der Waals surface area contributed by atoms with Crippen molar-refractivity contribution in [2.24, 2.45) is 0 Å². The highest BCUT2D eigenvalue weighted by Crippen LogP contribution is 2.38. The molecule has 0 unspecified atom stereocenters. The van der Waals surface area contributed by atoms with Gasteiger partial charge in [0.05, 0.1) is 32.5 Å². The van der Waals surface area contributed by atoms with Gasteiger partial charge in [-0.25, -0.2) is 0 Å². The number of carbonyl (C=O) groups excluding carboxylic acids is 3. The number of carbonyl (C=O) groups is 3. The quantitative estimate of drug-likeness (QED) is 0.620. The molecule has 0 atom stereocenters. The van der Waals surface area contributed by atoms with Crippen molar-refractivity contribution >= 4 is 17.7 Å². The Kier molecular flexibility index (Phi) is 6.79. The average Bonchev–Trinajstić information content (AvgIpc) is 3.04. The molecule has 2 aromatic rings. The molecule has 8 nitrogen and oxygen atoms in total. The van der Waals surface area contributed by atoms with Crippen molar-refractivity contribution in [2.75, 3.05) is 27.9 Å². The first kappa shape index (κ1) is 22.1. The molecule has 3 amide bonds. The summed E-state index contributed by atoms with van der Waals surface area (Å²) in [5.74, 6) is 0.420. The molecule has 1 N–H and O–H groups in total. The van der Waals surface area contributed by atoms with E-state index < -0.39 is 0 Å². The van der Waals surface area contributed by atoms with Gasteiger partial charge in [0.25, 0.3) is 17.7 Å². The third-order valence-electron chi connectivity index (χ3n) is 5.15. The lowest BCUT2D eigenvalue weighted by Crippen LogP contribution is -2.30. The summed E-state index contributed by atoms with van der Waals surface area (Å²) < 4.78 is 16.0. The highest BCUT2D eigenvalue weighted by atomic mass is 16.5. The van der Waals surface area contributed by atoms with Gasteiger partial charge in [0, 0.05) is 18.7 Å². The first-order valence-electron chi connectivity index (χ1n) is 10.0. The summed E-state index contributed by atoms with van der Waals surface area (Å²) in [7, 11) is 4.56. The van der Waals surface area contributed by atoms with E-state index in [4.69, 9.17) is 14.2 Å². The molecule has 1 aliphatic heterocycles. The van der Waals surface area contributed by atoms with Gasteiger partial charge in [-0.3, -0.25) is 19.3 Å². The summed E-state index contributed by atoms with van der Waals surface area (Å²) in [5, 5.41) is 2.82. The van der Waals surface area contributed by atoms with Crippen molar-refractivity contribution in [1.29, 1.82) is 0 Å². The highest BCUT2D eigenvalue weighted by molar-refractivity contribution is 6.22. The maximum absolute atomic E-state index is 12.7. The first-order valence-corrected chi connectivity index (χ1v) is 10.0. The Bertz CT molecular complexity index is 992. The maximum atomic E-state index is 12.7. The number of nitrogens with zero attached hydrogens (tertiary/aromatic N) is 1. The zero-order valence-corrected chi connectivity index (χ0v) is 18.1. The van der Waals surface area contributed by atoms with Gasteiger partial charge in [0.2, 0.25) is 5.75 Å². The summed E-state index contributed by atoms with van der Waals surface area (Å²) in [6.45, 7) is 2.59. The fourth-order valence-corrected chi connectivity index (χ4v) is 3.47. The van der Waals surface area contributed by atoms with E-state index >= 15 is 0 Å². The number of fused-ring (bicyclic) bond motifs is 1. The standard InChI is InChI=1S/C23H26N2O6/c1-5-6-9-25-22(27)16-8-7-15(12-17(16)23(25)28)21(26)24-13-14-10-18(29-2)20(31-4)19(11-14)30-3/h7-8,10-12H,5-6,9,13H2,1-4H3,(H,24,26). The molecule has 0 spiro atoms. The third kappa shape index (κ3) is 4.33. The second kappa shape index (κ2) is 9.51. The van der Waals surface area contributed by atoms with Crippen molar-refractivity contribution in [3.8, 4) is 17.2 Å². The van der Waals surface area contributed by atoms with E-state index in [1.54, 1.807) is 18.2 Å². The minimum atomic E-state index is -0.358. The van der Waals surface area contributed by atoms with Gasteiger partial charge in [-0.1, -0.05) is 13.3 Å². The van der Waals surface area contributed by atoms with Crippen LogP contribution in [0.1, 0.15) is 56.4 Å². The van der Waals surface area contributed by atoms with Gasteiger partial charge in [0.15, 0.2) is 11.5 Å². The van der Waals surface area contributed by atoms with E-state index in [0.717, 1.165) is 18.4 Å². The first-order chi connectivity index (χ1) is 14.9. The van der Waals surface area contributed by atoms with Crippen LogP contribution in [0, 0.1) is 0 Å². The van der Waals surface area contributed by atoms with Crippen LogP contribution in [-0.4, -0.2) is 50.5 Å². The van der Waals surface area contributed by atoms with Crippen LogP contribution in [0.3, 0.4) is 0 Å². The fourth-order valence-electron chi connectivity index (χ4n) is 3.47. The topological polar surface area (TPSA) is 94.2 Å². The predicted molar refractivity (Wildman–Crippen MR) is 114 cm³/mol. The maximum Gasteiger partial charge on any atom is 0.261 e. The van der Waals surface area contributed by atoms with Crippen molar-refractivity contribution in [3.05, 3.63) is 52.6 Å². The fraction of sp³-hybridized carbons (Fsp3) is 0.348. The van der Waals surface area contributed by atoms with E-state index in [9.17, 15) is 14.4 Å². The van der Waals surface area contributed by atoms with Gasteiger partial charge < -0.3 is 19.5 Å². The van der Waals surface area contributed by atoms with E-state index in [1.807, 2.05) is 6.92 Å².